The van der Waals surface area contributed by atoms with Gasteiger partial charge in [-0.1, -0.05) is 42.5 Å². The molecule has 0 spiro atoms. The van der Waals surface area contributed by atoms with Gasteiger partial charge in [0.15, 0.2) is 0 Å². The van der Waals surface area contributed by atoms with Crippen LogP contribution < -0.4 is 5.46 Å². The van der Waals surface area contributed by atoms with Gasteiger partial charge in [-0.05, 0) is 56.1 Å². The van der Waals surface area contributed by atoms with Crippen LogP contribution in [0.5, 0.6) is 0 Å². The van der Waals surface area contributed by atoms with Crippen molar-refractivity contribution < 1.29 is 13.7 Å². The lowest BCUT2D eigenvalue weighted by atomic mass is 9.75. The number of rotatable bonds is 1. The molecular weight excluding hydrogens is 323 g/mol. The van der Waals surface area contributed by atoms with E-state index in [0.29, 0.717) is 0 Å². The molecule has 4 aromatic rings. The fraction of sp³-hybridized carbons (Fsp3) is 0.273. The van der Waals surface area contributed by atoms with Crippen LogP contribution in [-0.4, -0.2) is 18.3 Å². The fourth-order valence-corrected chi connectivity index (χ4v) is 3.78. The van der Waals surface area contributed by atoms with E-state index in [4.69, 9.17) is 13.7 Å². The highest BCUT2D eigenvalue weighted by Gasteiger charge is 2.52. The van der Waals surface area contributed by atoms with Gasteiger partial charge in [-0.2, -0.15) is 0 Å². The van der Waals surface area contributed by atoms with Crippen LogP contribution in [0.2, 0.25) is 0 Å². The maximum absolute atomic E-state index is 6.32. The summed E-state index contributed by atoms with van der Waals surface area (Å²) in [6.07, 6.45) is 0. The van der Waals surface area contributed by atoms with Gasteiger partial charge in [-0.3, -0.25) is 0 Å². The molecule has 4 heteroatoms. The summed E-state index contributed by atoms with van der Waals surface area (Å²) in [5.41, 5.74) is 2.04. The largest absolute Gasteiger partial charge is 0.495 e. The highest BCUT2D eigenvalue weighted by Crippen LogP contribution is 2.39. The first-order valence-corrected chi connectivity index (χ1v) is 9.06. The van der Waals surface area contributed by atoms with E-state index in [-0.39, 0.29) is 11.2 Å². The van der Waals surface area contributed by atoms with E-state index in [1.54, 1.807) is 0 Å². The lowest BCUT2D eigenvalue weighted by Crippen LogP contribution is -2.41. The molecule has 26 heavy (non-hydrogen) atoms. The third-order valence-corrected chi connectivity index (χ3v) is 5.92. The Morgan fingerprint density at radius 2 is 1.27 bits per heavy atom. The van der Waals surface area contributed by atoms with Gasteiger partial charge in [0.25, 0.3) is 0 Å². The number of fused-ring (bicyclic) bond motifs is 5. The SMILES string of the molecule is CC1(C)OB(c2cc3oc4ccccc4c3c3ccccc23)OC1(C)C. The Bertz CT molecular complexity index is 1140. The van der Waals surface area contributed by atoms with Crippen LogP contribution in [0, 0.1) is 0 Å². The number of hydrogen-bond donors (Lipinski definition) is 0. The Labute approximate surface area is 153 Å². The molecule has 0 bridgehead atoms. The summed E-state index contributed by atoms with van der Waals surface area (Å²) < 4.78 is 18.8. The summed E-state index contributed by atoms with van der Waals surface area (Å²) >= 11 is 0. The summed E-state index contributed by atoms with van der Waals surface area (Å²) in [7, 11) is -0.414. The van der Waals surface area contributed by atoms with E-state index in [1.807, 2.05) is 18.2 Å². The minimum Gasteiger partial charge on any atom is -0.456 e. The molecule has 130 valence electrons. The van der Waals surface area contributed by atoms with E-state index in [2.05, 4.69) is 64.1 Å². The van der Waals surface area contributed by atoms with E-state index < -0.39 is 7.12 Å². The van der Waals surface area contributed by atoms with Crippen molar-refractivity contribution in [2.75, 3.05) is 0 Å². The van der Waals surface area contributed by atoms with Crippen molar-refractivity contribution in [1.29, 1.82) is 0 Å². The van der Waals surface area contributed by atoms with Crippen LogP contribution in [0.3, 0.4) is 0 Å². The molecule has 3 nitrogen and oxygen atoms in total. The molecule has 0 atom stereocenters. The molecule has 0 amide bonds. The van der Waals surface area contributed by atoms with Crippen LogP contribution in [0.1, 0.15) is 27.7 Å². The first-order valence-electron chi connectivity index (χ1n) is 9.06. The predicted molar refractivity (Wildman–Crippen MR) is 107 cm³/mol. The van der Waals surface area contributed by atoms with E-state index >= 15 is 0 Å². The number of hydrogen-bond acceptors (Lipinski definition) is 3. The maximum atomic E-state index is 6.32. The average molecular weight is 344 g/mol. The molecule has 3 aromatic carbocycles. The van der Waals surface area contributed by atoms with Crippen LogP contribution in [0.4, 0.5) is 0 Å². The van der Waals surface area contributed by atoms with Crippen molar-refractivity contribution >= 4 is 45.3 Å². The van der Waals surface area contributed by atoms with E-state index in [9.17, 15) is 0 Å². The Morgan fingerprint density at radius 1 is 0.692 bits per heavy atom. The number of para-hydroxylation sites is 1. The van der Waals surface area contributed by atoms with Crippen LogP contribution in [0.25, 0.3) is 32.7 Å². The zero-order chi connectivity index (χ0) is 18.1. The molecule has 1 fully saturated rings. The molecule has 1 aromatic heterocycles. The predicted octanol–water partition coefficient (Wildman–Crippen LogP) is 5.04. The molecule has 1 saturated heterocycles. The minimum atomic E-state index is -0.414. The van der Waals surface area contributed by atoms with Gasteiger partial charge in [0, 0.05) is 10.8 Å². The topological polar surface area (TPSA) is 31.6 Å². The summed E-state index contributed by atoms with van der Waals surface area (Å²) in [5, 5.41) is 4.60. The minimum absolute atomic E-state index is 0.373. The first-order chi connectivity index (χ1) is 12.4. The molecular formula is C22H21BO3. The summed E-state index contributed by atoms with van der Waals surface area (Å²) in [6, 6.07) is 18.7. The molecule has 0 saturated carbocycles. The Balaban J connectivity index is 1.82. The summed E-state index contributed by atoms with van der Waals surface area (Å²) in [4.78, 5) is 0. The molecule has 0 aliphatic carbocycles. The normalized spacial score (nSPS) is 19.0. The lowest BCUT2D eigenvalue weighted by Gasteiger charge is -2.32. The lowest BCUT2D eigenvalue weighted by molar-refractivity contribution is 0.00578. The van der Waals surface area contributed by atoms with Crippen LogP contribution >= 0.6 is 0 Å². The first kappa shape index (κ1) is 15.9. The molecule has 0 radical (unpaired) electrons. The quantitative estimate of drug-likeness (QED) is 0.454. The smallest absolute Gasteiger partial charge is 0.456 e. The summed E-state index contributed by atoms with van der Waals surface area (Å²) in [6.45, 7) is 8.31. The van der Waals surface area contributed by atoms with Gasteiger partial charge in [0.2, 0.25) is 0 Å². The van der Waals surface area contributed by atoms with Gasteiger partial charge in [0.05, 0.1) is 11.2 Å². The third kappa shape index (κ3) is 2.09. The fourth-order valence-electron chi connectivity index (χ4n) is 3.78. The second-order valence-electron chi connectivity index (χ2n) is 8.07. The Morgan fingerprint density at radius 3 is 1.96 bits per heavy atom. The van der Waals surface area contributed by atoms with E-state index in [1.165, 1.54) is 5.39 Å². The highest BCUT2D eigenvalue weighted by molar-refractivity contribution is 6.66. The van der Waals surface area contributed by atoms with Crippen LogP contribution in [-0.2, 0) is 9.31 Å². The number of furan rings is 1. The van der Waals surface area contributed by atoms with Crippen molar-refractivity contribution in [3.05, 3.63) is 54.6 Å². The van der Waals surface area contributed by atoms with Crippen molar-refractivity contribution in [3.63, 3.8) is 0 Å². The van der Waals surface area contributed by atoms with Gasteiger partial charge in [0.1, 0.15) is 11.2 Å². The second-order valence-corrected chi connectivity index (χ2v) is 8.07. The molecule has 1 aliphatic heterocycles. The average Bonchev–Trinajstić information content (AvgIpc) is 3.08. The van der Waals surface area contributed by atoms with Crippen molar-refractivity contribution in [3.8, 4) is 0 Å². The van der Waals surface area contributed by atoms with Crippen molar-refractivity contribution in [1.82, 2.24) is 0 Å². The van der Waals surface area contributed by atoms with Crippen molar-refractivity contribution in [2.45, 2.75) is 38.9 Å². The molecule has 5 rings (SSSR count). The van der Waals surface area contributed by atoms with Gasteiger partial charge in [-0.15, -0.1) is 0 Å². The van der Waals surface area contributed by atoms with Gasteiger partial charge in [-0.25, -0.2) is 0 Å². The molecule has 0 N–H and O–H groups in total. The Kier molecular flexibility index (Phi) is 3.14. The standard InChI is InChI=1S/C22H21BO3/c1-21(2)22(3,4)26-23(25-21)17-13-19-20(15-10-6-5-9-14(15)17)16-11-7-8-12-18(16)24-19/h5-13H,1-4H3. The van der Waals surface area contributed by atoms with Gasteiger partial charge < -0.3 is 13.7 Å². The summed E-state index contributed by atoms with van der Waals surface area (Å²) in [5.74, 6) is 0. The second kappa shape index (κ2) is 5.12. The zero-order valence-electron chi connectivity index (χ0n) is 15.5. The monoisotopic (exact) mass is 344 g/mol. The molecule has 0 unspecified atom stereocenters. The van der Waals surface area contributed by atoms with Gasteiger partial charge >= 0.3 is 7.12 Å². The highest BCUT2D eigenvalue weighted by atomic mass is 16.7. The molecule has 1 aliphatic rings. The zero-order valence-corrected chi connectivity index (χ0v) is 15.5. The van der Waals surface area contributed by atoms with Crippen LogP contribution in [0.15, 0.2) is 59.0 Å². The molecule has 2 heterocycles. The maximum Gasteiger partial charge on any atom is 0.495 e. The van der Waals surface area contributed by atoms with E-state index in [0.717, 1.165) is 32.8 Å². The number of benzene rings is 3. The van der Waals surface area contributed by atoms with Crippen molar-refractivity contribution in [2.24, 2.45) is 0 Å². The third-order valence-electron chi connectivity index (χ3n) is 5.92. The Hall–Kier alpha value is -2.30.